The van der Waals surface area contributed by atoms with E-state index in [-0.39, 0.29) is 11.5 Å². The molecule has 6 nitrogen and oxygen atoms in total. The van der Waals surface area contributed by atoms with E-state index in [9.17, 15) is 9.59 Å². The molecule has 0 saturated heterocycles. The Morgan fingerprint density at radius 1 is 0.919 bits per heavy atom. The number of hydrogen-bond acceptors (Lipinski definition) is 5. The molecule has 2 N–H and O–H groups in total. The Morgan fingerprint density at radius 3 is 2.19 bits per heavy atom. The smallest absolute Gasteiger partial charge is 0.343 e. The summed E-state index contributed by atoms with van der Waals surface area (Å²) in [6.45, 7) is 4.90. The largest absolute Gasteiger partial charge is 0.494 e. The molecule has 8 heteroatoms. The first kappa shape index (κ1) is 30.0. The molecule has 0 aliphatic carbocycles. The molecule has 2 rings (SSSR count). The standard InChI is InChI=1S/C29H34Cl2N2O4/c1-3-4-11-22(21-32-2)28(34)33-16-9-7-5-6-8-10-17-36-26-12-14-27(15-13-26)37-29(35)23-18-24(30)20-25(31)19-23/h3-4,11-15,18-21,32H,1,5-10,16-17H2,2H3,(H,33,34)/b11-4-,22-21+. The minimum Gasteiger partial charge on any atom is -0.494 e. The van der Waals surface area contributed by atoms with Gasteiger partial charge in [0.2, 0.25) is 0 Å². The molecule has 0 aromatic heterocycles. The van der Waals surface area contributed by atoms with E-state index in [4.69, 9.17) is 32.7 Å². The lowest BCUT2D eigenvalue weighted by Crippen LogP contribution is -2.26. The summed E-state index contributed by atoms with van der Waals surface area (Å²) in [7, 11) is 1.76. The first-order valence-corrected chi connectivity index (χ1v) is 13.0. The van der Waals surface area contributed by atoms with Crippen LogP contribution in [0.2, 0.25) is 10.0 Å². The first-order chi connectivity index (χ1) is 17.9. The van der Waals surface area contributed by atoms with Crippen molar-refractivity contribution in [3.8, 4) is 11.5 Å². The Balaban J connectivity index is 1.55. The first-order valence-electron chi connectivity index (χ1n) is 12.3. The topological polar surface area (TPSA) is 76.7 Å². The Labute approximate surface area is 229 Å². The van der Waals surface area contributed by atoms with E-state index in [1.165, 1.54) is 12.1 Å². The van der Waals surface area contributed by atoms with Crippen LogP contribution in [0.15, 0.2) is 79.0 Å². The van der Waals surface area contributed by atoms with Crippen LogP contribution in [-0.2, 0) is 4.79 Å². The lowest BCUT2D eigenvalue weighted by atomic mass is 10.1. The Kier molecular flexibility index (Phi) is 14.0. The van der Waals surface area contributed by atoms with Gasteiger partial charge < -0.3 is 20.1 Å². The van der Waals surface area contributed by atoms with Gasteiger partial charge in [-0.1, -0.05) is 67.6 Å². The highest BCUT2D eigenvalue weighted by Gasteiger charge is 2.11. The zero-order valence-corrected chi connectivity index (χ0v) is 22.6. The summed E-state index contributed by atoms with van der Waals surface area (Å²) in [5.74, 6) is 0.501. The van der Waals surface area contributed by atoms with Crippen molar-refractivity contribution < 1.29 is 19.1 Å². The molecule has 0 fully saturated rings. The van der Waals surface area contributed by atoms with Crippen LogP contribution >= 0.6 is 23.2 Å². The third kappa shape index (κ3) is 12.0. The number of carbonyl (C=O) groups is 2. The normalized spacial score (nSPS) is 11.3. The minimum absolute atomic E-state index is 0.0955. The summed E-state index contributed by atoms with van der Waals surface area (Å²) in [4.78, 5) is 24.4. The van der Waals surface area contributed by atoms with Crippen LogP contribution in [0.1, 0.15) is 48.9 Å². The van der Waals surface area contributed by atoms with Gasteiger partial charge in [-0.25, -0.2) is 4.79 Å². The van der Waals surface area contributed by atoms with Crippen LogP contribution in [0.4, 0.5) is 0 Å². The number of carbonyl (C=O) groups excluding carboxylic acids is 2. The van der Waals surface area contributed by atoms with Crippen molar-refractivity contribution in [1.82, 2.24) is 10.6 Å². The summed E-state index contributed by atoms with van der Waals surface area (Å²) in [6, 6.07) is 11.5. The summed E-state index contributed by atoms with van der Waals surface area (Å²) in [5, 5.41) is 6.56. The van der Waals surface area contributed by atoms with E-state index in [0.29, 0.717) is 34.5 Å². The molecule has 1 amide bonds. The third-order valence-corrected chi connectivity index (χ3v) is 5.67. The Hall–Kier alpha value is -3.22. The molecule has 37 heavy (non-hydrogen) atoms. The van der Waals surface area contributed by atoms with Gasteiger partial charge in [-0.15, -0.1) is 0 Å². The summed E-state index contributed by atoms with van der Waals surface area (Å²) in [5.41, 5.74) is 0.857. The van der Waals surface area contributed by atoms with Gasteiger partial charge in [0.25, 0.3) is 5.91 Å². The second kappa shape index (κ2) is 17.3. The summed E-state index contributed by atoms with van der Waals surface area (Å²) >= 11 is 11.9. The number of halogens is 2. The fourth-order valence-corrected chi connectivity index (χ4v) is 3.91. The fourth-order valence-electron chi connectivity index (χ4n) is 3.39. The lowest BCUT2D eigenvalue weighted by Gasteiger charge is -2.09. The van der Waals surface area contributed by atoms with Gasteiger partial charge in [0.05, 0.1) is 17.7 Å². The maximum atomic E-state index is 12.3. The SMILES string of the molecule is C=C/C=C\C(=C/NC)C(=O)NCCCCCCCCOc1ccc(OC(=O)c2cc(Cl)cc(Cl)c2)cc1. The van der Waals surface area contributed by atoms with E-state index in [1.54, 1.807) is 61.8 Å². The molecule has 0 spiro atoms. The quantitative estimate of drug-likeness (QED) is 0.0790. The minimum atomic E-state index is -0.531. The summed E-state index contributed by atoms with van der Waals surface area (Å²) < 4.78 is 11.1. The second-order valence-electron chi connectivity index (χ2n) is 8.23. The molecule has 0 atom stereocenters. The molecule has 2 aromatic carbocycles. The molecule has 0 aliphatic heterocycles. The van der Waals surface area contributed by atoms with Crippen molar-refractivity contribution in [2.45, 2.75) is 38.5 Å². The van der Waals surface area contributed by atoms with Crippen LogP contribution in [0, 0.1) is 0 Å². The van der Waals surface area contributed by atoms with E-state index in [2.05, 4.69) is 17.2 Å². The highest BCUT2D eigenvalue weighted by Crippen LogP contribution is 2.22. The van der Waals surface area contributed by atoms with Crippen molar-refractivity contribution in [2.24, 2.45) is 0 Å². The average Bonchev–Trinajstić information content (AvgIpc) is 2.87. The van der Waals surface area contributed by atoms with Crippen LogP contribution in [-0.4, -0.2) is 32.1 Å². The van der Waals surface area contributed by atoms with Gasteiger partial charge in [-0.3, -0.25) is 4.79 Å². The molecular weight excluding hydrogens is 511 g/mol. The highest BCUT2D eigenvalue weighted by molar-refractivity contribution is 6.35. The molecular formula is C29H34Cl2N2O4. The van der Waals surface area contributed by atoms with Gasteiger partial charge in [0.15, 0.2) is 0 Å². The molecule has 0 unspecified atom stereocenters. The molecule has 0 heterocycles. The number of esters is 1. The van der Waals surface area contributed by atoms with Crippen LogP contribution in [0.3, 0.4) is 0 Å². The summed E-state index contributed by atoms with van der Waals surface area (Å²) in [6.07, 6.45) is 13.0. The second-order valence-corrected chi connectivity index (χ2v) is 9.10. The Morgan fingerprint density at radius 2 is 1.54 bits per heavy atom. The predicted octanol–water partition coefficient (Wildman–Crippen LogP) is 6.89. The monoisotopic (exact) mass is 544 g/mol. The van der Waals surface area contributed by atoms with Crippen LogP contribution < -0.4 is 20.1 Å². The average molecular weight is 546 g/mol. The zero-order valence-electron chi connectivity index (χ0n) is 21.1. The van der Waals surface area contributed by atoms with Gasteiger partial charge in [0, 0.05) is 29.8 Å². The van der Waals surface area contributed by atoms with Crippen LogP contribution in [0.5, 0.6) is 11.5 Å². The van der Waals surface area contributed by atoms with E-state index >= 15 is 0 Å². The number of unbranched alkanes of at least 4 members (excludes halogenated alkanes) is 5. The van der Waals surface area contributed by atoms with Crippen LogP contribution in [0.25, 0.3) is 0 Å². The van der Waals surface area contributed by atoms with Gasteiger partial charge in [-0.2, -0.15) is 0 Å². The number of hydrogen-bond donors (Lipinski definition) is 2. The molecule has 0 aliphatic rings. The van der Waals surface area contributed by atoms with Crippen molar-refractivity contribution in [2.75, 3.05) is 20.2 Å². The van der Waals surface area contributed by atoms with Gasteiger partial charge >= 0.3 is 5.97 Å². The molecule has 0 bridgehead atoms. The lowest BCUT2D eigenvalue weighted by molar-refractivity contribution is -0.117. The van der Waals surface area contributed by atoms with Crippen molar-refractivity contribution >= 4 is 35.1 Å². The highest BCUT2D eigenvalue weighted by atomic mass is 35.5. The Bertz CT molecular complexity index is 1060. The fraction of sp³-hybridized carbons (Fsp3) is 0.310. The number of benzene rings is 2. The third-order valence-electron chi connectivity index (χ3n) is 5.23. The van der Waals surface area contributed by atoms with Crippen molar-refractivity contribution in [1.29, 1.82) is 0 Å². The number of amides is 1. The molecule has 0 saturated carbocycles. The van der Waals surface area contributed by atoms with E-state index in [1.807, 2.05) is 0 Å². The van der Waals surface area contributed by atoms with Gasteiger partial charge in [0.1, 0.15) is 11.5 Å². The van der Waals surface area contributed by atoms with Crippen molar-refractivity contribution in [3.63, 3.8) is 0 Å². The predicted molar refractivity (Wildman–Crippen MR) is 151 cm³/mol. The van der Waals surface area contributed by atoms with Crippen molar-refractivity contribution in [3.05, 3.63) is 94.7 Å². The maximum absolute atomic E-state index is 12.3. The number of allylic oxidation sites excluding steroid dienone is 2. The zero-order chi connectivity index (χ0) is 26.9. The number of rotatable bonds is 16. The van der Waals surface area contributed by atoms with E-state index in [0.717, 1.165) is 44.3 Å². The molecule has 2 aromatic rings. The molecule has 0 radical (unpaired) electrons. The molecule has 198 valence electrons. The van der Waals surface area contributed by atoms with E-state index < -0.39 is 5.97 Å². The maximum Gasteiger partial charge on any atom is 0.343 e. The van der Waals surface area contributed by atoms with Gasteiger partial charge in [-0.05, 0) is 61.4 Å². The number of nitrogens with one attached hydrogen (secondary N) is 2. The number of ether oxygens (including phenoxy) is 2.